The van der Waals surface area contributed by atoms with Gasteiger partial charge in [-0.1, -0.05) is 97.5 Å². The third-order valence-corrected chi connectivity index (χ3v) is 12.9. The van der Waals surface area contributed by atoms with E-state index in [1.807, 2.05) is 93.6 Å². The molecule has 8 aromatic rings. The number of benzene rings is 2. The van der Waals surface area contributed by atoms with E-state index in [0.29, 0.717) is 40.1 Å². The van der Waals surface area contributed by atoms with Gasteiger partial charge in [0.15, 0.2) is 27.0 Å². The third kappa shape index (κ3) is 13.1. The van der Waals surface area contributed by atoms with Gasteiger partial charge in [-0.2, -0.15) is 0 Å². The van der Waals surface area contributed by atoms with Crippen molar-refractivity contribution in [3.8, 4) is 11.5 Å². The first-order valence-electron chi connectivity index (χ1n) is 24.5. The molecule has 18 heteroatoms. The molecule has 0 fully saturated rings. The fourth-order valence-electron chi connectivity index (χ4n) is 9.21. The highest BCUT2D eigenvalue weighted by Crippen LogP contribution is 2.40. The van der Waals surface area contributed by atoms with E-state index in [1.54, 1.807) is 21.2 Å². The van der Waals surface area contributed by atoms with Crippen LogP contribution in [0.1, 0.15) is 149 Å². The van der Waals surface area contributed by atoms with Gasteiger partial charge in [0.2, 0.25) is 0 Å². The SMILES string of the molecule is C.Cc1cc(C(C)(C)C)cc(C)n1.[B]c1nnc2ccc(O[C@@H]3CC[C@H](NC(=O)Nc4cc(C(C)(C)C)cc(C)n4)c4ccccc43)cn12.[B]c1nnc2ccc(O[C@@H]3CC[C@H](NC(N)=O)c4ccccc43)cn12. The van der Waals surface area contributed by atoms with E-state index in [1.165, 1.54) is 5.56 Å². The molecule has 4 amide bonds. The van der Waals surface area contributed by atoms with Gasteiger partial charge in [0.25, 0.3) is 0 Å². The summed E-state index contributed by atoms with van der Waals surface area (Å²) in [5.41, 5.74) is 17.2. The van der Waals surface area contributed by atoms with Crippen LogP contribution in [0.5, 0.6) is 11.5 Å². The number of aromatic nitrogens is 8. The molecule has 2 aromatic carbocycles. The van der Waals surface area contributed by atoms with E-state index in [9.17, 15) is 9.59 Å². The van der Waals surface area contributed by atoms with Crippen LogP contribution in [0, 0.1) is 20.8 Å². The fourth-order valence-corrected chi connectivity index (χ4v) is 9.21. The van der Waals surface area contributed by atoms with Crippen molar-refractivity contribution in [1.82, 2.24) is 49.8 Å². The number of hydrogen-bond acceptors (Lipinski definition) is 10. The second kappa shape index (κ2) is 22.6. The molecule has 74 heavy (non-hydrogen) atoms. The van der Waals surface area contributed by atoms with Gasteiger partial charge in [-0.05, 0) is 139 Å². The Bertz CT molecular complexity index is 3250. The van der Waals surface area contributed by atoms with Gasteiger partial charge in [-0.25, -0.2) is 14.6 Å². The molecule has 0 aliphatic heterocycles. The number of urea groups is 2. The number of carbonyl (C=O) groups is 2. The van der Waals surface area contributed by atoms with E-state index in [-0.39, 0.29) is 48.6 Å². The summed E-state index contributed by atoms with van der Waals surface area (Å²) in [5, 5.41) is 24.6. The van der Waals surface area contributed by atoms with Gasteiger partial charge in [-0.3, -0.25) is 19.1 Å². The Kier molecular flexibility index (Phi) is 16.5. The molecule has 6 aromatic heterocycles. The van der Waals surface area contributed by atoms with Gasteiger partial charge < -0.3 is 25.8 Å². The highest BCUT2D eigenvalue weighted by molar-refractivity contribution is 6.29. The number of rotatable bonds is 7. The van der Waals surface area contributed by atoms with Crippen molar-refractivity contribution in [3.05, 3.63) is 160 Å². The zero-order chi connectivity index (χ0) is 52.2. The van der Waals surface area contributed by atoms with Crippen LogP contribution in [-0.4, -0.2) is 66.9 Å². The summed E-state index contributed by atoms with van der Waals surface area (Å²) in [4.78, 5) is 33.0. The molecule has 10 rings (SSSR count). The number of nitrogens with two attached hydrogens (primary N) is 1. The molecule has 380 valence electrons. The minimum Gasteiger partial charge on any atom is -0.484 e. The summed E-state index contributed by atoms with van der Waals surface area (Å²) >= 11 is 0. The van der Waals surface area contributed by atoms with E-state index in [4.69, 9.17) is 30.9 Å². The molecule has 4 atom stereocenters. The molecule has 0 bridgehead atoms. The molecule has 0 saturated carbocycles. The van der Waals surface area contributed by atoms with E-state index < -0.39 is 6.03 Å². The molecule has 5 N–H and O–H groups in total. The van der Waals surface area contributed by atoms with Crippen LogP contribution in [0.15, 0.2) is 109 Å². The first kappa shape index (κ1) is 54.0. The lowest BCUT2D eigenvalue weighted by molar-refractivity contribution is 0.171. The molecule has 0 unspecified atom stereocenters. The summed E-state index contributed by atoms with van der Waals surface area (Å²) < 4.78 is 15.9. The van der Waals surface area contributed by atoms with Gasteiger partial charge in [0, 0.05) is 17.1 Å². The van der Waals surface area contributed by atoms with Crippen molar-refractivity contribution < 1.29 is 19.1 Å². The fraction of sp³-hybridized carbons (Fsp3) is 0.357. The molecule has 4 radical (unpaired) electrons. The predicted octanol–water partition coefficient (Wildman–Crippen LogP) is 9.08. The lowest BCUT2D eigenvalue weighted by atomic mass is 9.85. The van der Waals surface area contributed by atoms with Gasteiger partial charge in [-0.15, -0.1) is 20.4 Å². The first-order chi connectivity index (χ1) is 34.7. The third-order valence-electron chi connectivity index (χ3n) is 12.9. The number of nitrogens with one attached hydrogen (secondary N) is 3. The van der Waals surface area contributed by atoms with Crippen LogP contribution in [0.25, 0.3) is 11.3 Å². The zero-order valence-electron chi connectivity index (χ0n) is 43.0. The van der Waals surface area contributed by atoms with Crippen molar-refractivity contribution >= 4 is 56.3 Å². The minimum atomic E-state index is -0.521. The van der Waals surface area contributed by atoms with Crippen LogP contribution in [-0.2, 0) is 10.8 Å². The second-order valence-corrected chi connectivity index (χ2v) is 20.7. The quantitative estimate of drug-likeness (QED) is 0.112. The average molecular weight is 993 g/mol. The normalized spacial score (nSPS) is 16.9. The maximum atomic E-state index is 12.9. The number of hydrogen-bond donors (Lipinski definition) is 4. The number of nitrogens with zero attached hydrogens (tertiary/aromatic N) is 8. The van der Waals surface area contributed by atoms with Gasteiger partial charge >= 0.3 is 12.1 Å². The average Bonchev–Trinajstić information content (AvgIpc) is 3.90. The minimum absolute atomic E-state index is 0. The maximum Gasteiger partial charge on any atom is 0.320 e. The highest BCUT2D eigenvalue weighted by Gasteiger charge is 2.31. The van der Waals surface area contributed by atoms with Crippen molar-refractivity contribution in [2.75, 3.05) is 5.32 Å². The number of fused-ring (bicyclic) bond motifs is 4. The highest BCUT2D eigenvalue weighted by atomic mass is 16.5. The molecule has 2 aliphatic rings. The number of carbonyl (C=O) groups excluding carboxylic acids is 2. The molecule has 0 saturated heterocycles. The smallest absolute Gasteiger partial charge is 0.320 e. The second-order valence-electron chi connectivity index (χ2n) is 20.7. The largest absolute Gasteiger partial charge is 0.484 e. The van der Waals surface area contributed by atoms with Gasteiger partial charge in [0.1, 0.15) is 29.5 Å². The standard InChI is InChI=1S/C27H29BN6O2.C17H16BN5O2.C11H17N.CH4/c1-16-13-17(27(2,3)4)14-23(29-16)31-26(35)30-21-10-11-22(20-8-6-5-7-19(20)21)36-18-9-12-24-32-33-25(28)34(24)15-18;18-16-22-21-15-8-5-10(9-23(15)16)25-14-7-6-13(20-17(19)24)11-3-1-2-4-12(11)14;1-8-6-10(11(3,4)5)7-9(2)12-8;/h5-9,12-15,21-22H,10-11H2,1-4H3,(H2,29,30,31,35);1-5,8-9,13-14H,6-7H2,(H3,19,20,24);6-7H,1-5H3;1H4/t21-,22+;13-,14+;;/m00../s1. The summed E-state index contributed by atoms with van der Waals surface area (Å²) in [6, 6.07) is 30.6. The first-order valence-corrected chi connectivity index (χ1v) is 24.5. The summed E-state index contributed by atoms with van der Waals surface area (Å²) in [6.45, 7) is 19.1. The number of aryl methyl sites for hydroxylation is 3. The molecule has 6 heterocycles. The van der Waals surface area contributed by atoms with Crippen LogP contribution >= 0.6 is 0 Å². The van der Waals surface area contributed by atoms with E-state index >= 15 is 0 Å². The van der Waals surface area contributed by atoms with Crippen molar-refractivity contribution in [2.45, 2.75) is 131 Å². The van der Waals surface area contributed by atoms with Crippen LogP contribution in [0.2, 0.25) is 0 Å². The topological polar surface area (TPSA) is 201 Å². The number of pyridine rings is 4. The Morgan fingerprint density at radius 1 is 0.581 bits per heavy atom. The molecule has 2 aliphatic carbocycles. The molecule has 0 spiro atoms. The Balaban J connectivity index is 0.000000182. The van der Waals surface area contributed by atoms with Crippen LogP contribution < -0.4 is 42.6 Å². The van der Waals surface area contributed by atoms with Gasteiger partial charge in [0.05, 0.1) is 35.9 Å². The molecular formula is C56H66B2N12O4. The van der Waals surface area contributed by atoms with Crippen LogP contribution in [0.4, 0.5) is 15.4 Å². The maximum absolute atomic E-state index is 12.9. The molecular weight excluding hydrogens is 926 g/mol. The van der Waals surface area contributed by atoms with Crippen molar-refractivity contribution in [1.29, 1.82) is 0 Å². The Hall–Kier alpha value is -7.75. The molecule has 16 nitrogen and oxygen atoms in total. The lowest BCUT2D eigenvalue weighted by Crippen LogP contribution is -2.36. The van der Waals surface area contributed by atoms with E-state index in [2.05, 4.69) is 112 Å². The Morgan fingerprint density at radius 3 is 1.45 bits per heavy atom. The number of ether oxygens (including phenoxy) is 2. The number of primary amides is 1. The Labute approximate surface area is 436 Å². The summed E-state index contributed by atoms with van der Waals surface area (Å²) in [5.74, 6) is 1.91. The summed E-state index contributed by atoms with van der Waals surface area (Å²) in [6.07, 6.45) is 6.31. The number of anilines is 1. The lowest BCUT2D eigenvalue weighted by Gasteiger charge is -2.32. The number of amides is 4. The zero-order valence-corrected chi connectivity index (χ0v) is 43.0. The van der Waals surface area contributed by atoms with Crippen molar-refractivity contribution in [2.24, 2.45) is 5.73 Å². The Morgan fingerprint density at radius 2 is 1.00 bits per heavy atom. The summed E-state index contributed by atoms with van der Waals surface area (Å²) in [7, 11) is 11.7. The predicted molar refractivity (Wildman–Crippen MR) is 292 cm³/mol. The van der Waals surface area contributed by atoms with Crippen LogP contribution in [0.3, 0.4) is 0 Å². The monoisotopic (exact) mass is 993 g/mol. The van der Waals surface area contributed by atoms with Crippen molar-refractivity contribution in [3.63, 3.8) is 0 Å². The van der Waals surface area contributed by atoms with E-state index in [0.717, 1.165) is 70.6 Å².